The van der Waals surface area contributed by atoms with Gasteiger partial charge in [-0.1, -0.05) is 29.8 Å². The first-order valence-electron chi connectivity index (χ1n) is 14.0. The van der Waals surface area contributed by atoms with Crippen molar-refractivity contribution in [3.05, 3.63) is 59.4 Å². The van der Waals surface area contributed by atoms with Crippen molar-refractivity contribution in [2.24, 2.45) is 0 Å². The van der Waals surface area contributed by atoms with Crippen LogP contribution in [0.1, 0.15) is 12.8 Å². The highest BCUT2D eigenvalue weighted by Crippen LogP contribution is 2.44. The summed E-state index contributed by atoms with van der Waals surface area (Å²) in [5.41, 5.74) is 2.32. The summed E-state index contributed by atoms with van der Waals surface area (Å²) in [6, 6.07) is 9.14. The number of aromatic nitrogens is 2. The van der Waals surface area contributed by atoms with Crippen LogP contribution in [0, 0.1) is 0 Å². The van der Waals surface area contributed by atoms with E-state index >= 15 is 0 Å². The number of benzene rings is 2. The molecule has 232 valence electrons. The molecule has 1 saturated heterocycles. The molecule has 14 heteroatoms. The Morgan fingerprint density at radius 1 is 0.977 bits per heavy atom. The highest BCUT2D eigenvalue weighted by molar-refractivity contribution is 6.41. The van der Waals surface area contributed by atoms with Crippen LogP contribution in [0.4, 0.5) is 39.2 Å². The maximum Gasteiger partial charge on any atom is 0.327 e. The van der Waals surface area contributed by atoms with Crippen molar-refractivity contribution in [1.82, 2.24) is 14.9 Å². The van der Waals surface area contributed by atoms with Gasteiger partial charge in [-0.05, 0) is 37.1 Å². The summed E-state index contributed by atoms with van der Waals surface area (Å²) in [4.78, 5) is 40.2. The number of amides is 3. The molecule has 2 aliphatic rings. The summed E-state index contributed by atoms with van der Waals surface area (Å²) in [6.07, 6.45) is 5.14. The molecule has 1 aliphatic heterocycles. The number of hydrogen-bond donors (Lipinski definition) is 3. The molecule has 3 N–H and O–H groups in total. The van der Waals surface area contributed by atoms with Gasteiger partial charge in [0.2, 0.25) is 5.91 Å². The molecule has 1 saturated carbocycles. The van der Waals surface area contributed by atoms with Crippen LogP contribution in [0.3, 0.4) is 0 Å². The maximum absolute atomic E-state index is 13.2. The molecule has 0 bridgehead atoms. The molecular weight excluding hydrogens is 607 g/mol. The summed E-state index contributed by atoms with van der Waals surface area (Å²) in [7, 11) is 4.42. The summed E-state index contributed by atoms with van der Waals surface area (Å²) in [6.45, 7) is 7.46. The average Bonchev–Trinajstić information content (AvgIpc) is 3.89. The fraction of sp³-hybridized carbons (Fsp3) is 0.333. The molecule has 0 unspecified atom stereocenters. The Bertz CT molecular complexity index is 1530. The Labute approximate surface area is 265 Å². The van der Waals surface area contributed by atoms with Crippen LogP contribution in [0.15, 0.2) is 49.3 Å². The number of carbonyl (C=O) groups is 2. The van der Waals surface area contributed by atoms with Gasteiger partial charge < -0.3 is 30.3 Å². The molecule has 3 amide bonds. The Kier molecular flexibility index (Phi) is 9.62. The molecule has 0 atom stereocenters. The van der Waals surface area contributed by atoms with E-state index < -0.39 is 6.03 Å². The first-order valence-corrected chi connectivity index (χ1v) is 14.8. The van der Waals surface area contributed by atoms with Crippen LogP contribution in [0.2, 0.25) is 10.0 Å². The van der Waals surface area contributed by atoms with Gasteiger partial charge in [0.1, 0.15) is 39.5 Å². The zero-order valence-corrected chi connectivity index (χ0v) is 26.2. The molecule has 12 nitrogen and oxygen atoms in total. The van der Waals surface area contributed by atoms with Crippen molar-refractivity contribution in [2.45, 2.75) is 18.9 Å². The minimum Gasteiger partial charge on any atom is -0.495 e. The predicted octanol–water partition coefficient (Wildman–Crippen LogP) is 5.62. The summed E-state index contributed by atoms with van der Waals surface area (Å²) < 4.78 is 10.6. The van der Waals surface area contributed by atoms with Crippen molar-refractivity contribution >= 4 is 69.5 Å². The smallest absolute Gasteiger partial charge is 0.327 e. The molecular formula is C30H34Cl2N8O4. The summed E-state index contributed by atoms with van der Waals surface area (Å²) >= 11 is 12.8. The van der Waals surface area contributed by atoms with Crippen LogP contribution in [0.25, 0.3) is 0 Å². The maximum atomic E-state index is 13.2. The van der Waals surface area contributed by atoms with Crippen molar-refractivity contribution in [3.63, 3.8) is 0 Å². The number of ether oxygens (including phenoxy) is 2. The number of piperazine rings is 1. The number of halogens is 2. The van der Waals surface area contributed by atoms with E-state index in [1.807, 2.05) is 18.2 Å². The second kappa shape index (κ2) is 13.6. The lowest BCUT2D eigenvalue weighted by Gasteiger charge is -2.36. The van der Waals surface area contributed by atoms with E-state index in [0.717, 1.165) is 37.9 Å². The molecule has 0 spiro atoms. The molecule has 0 radical (unpaired) electrons. The molecule has 2 heterocycles. The SMILES string of the molecule is C=CC(=O)Nc1cc(N2CCN(C3CC3)CC2)ccc1Nc1cc(N(C)C(=O)Nc2c(Cl)c(OC)cc(OC)c2Cl)ncn1. The normalized spacial score (nSPS) is 14.9. The monoisotopic (exact) mass is 640 g/mol. The van der Waals surface area contributed by atoms with E-state index in [2.05, 4.69) is 42.3 Å². The lowest BCUT2D eigenvalue weighted by atomic mass is 10.2. The number of nitrogens with zero attached hydrogens (tertiary/aromatic N) is 5. The number of nitrogens with one attached hydrogen (secondary N) is 3. The molecule has 2 aromatic carbocycles. The van der Waals surface area contributed by atoms with Crippen molar-refractivity contribution in [2.75, 3.05) is 73.2 Å². The number of urea groups is 1. The standard InChI is InChI=1S/C30H34Cl2N8O4/c1-5-26(41)36-21-14-19(40-12-10-39(11-13-40)18-6-7-18)8-9-20(21)35-24-16-25(34-17-33-24)38(2)30(42)37-29-27(31)22(43-3)15-23(44-4)28(29)32/h5,8-9,14-18H,1,6-7,10-13H2,2-4H3,(H,36,41)(H,37,42)(H,33,34,35). The van der Waals surface area contributed by atoms with E-state index in [0.29, 0.717) is 17.2 Å². The first kappa shape index (κ1) is 31.2. The molecule has 3 aromatic rings. The number of hydrogen-bond acceptors (Lipinski definition) is 9. The topological polar surface area (TPSA) is 124 Å². The predicted molar refractivity (Wildman–Crippen MR) is 174 cm³/mol. The largest absolute Gasteiger partial charge is 0.495 e. The molecule has 1 aliphatic carbocycles. The number of methoxy groups -OCH3 is 2. The van der Waals surface area contributed by atoms with E-state index in [-0.39, 0.29) is 39.0 Å². The first-order chi connectivity index (χ1) is 21.2. The number of rotatable bonds is 10. The van der Waals surface area contributed by atoms with E-state index in [1.165, 1.54) is 57.5 Å². The molecule has 2 fully saturated rings. The fourth-order valence-electron chi connectivity index (χ4n) is 4.94. The third-order valence-corrected chi connectivity index (χ3v) is 8.31. The lowest BCUT2D eigenvalue weighted by molar-refractivity contribution is -0.111. The molecule has 5 rings (SSSR count). The van der Waals surface area contributed by atoms with Gasteiger partial charge in [-0.3, -0.25) is 14.6 Å². The van der Waals surface area contributed by atoms with Crippen LogP contribution < -0.4 is 35.2 Å². The summed E-state index contributed by atoms with van der Waals surface area (Å²) in [5.74, 6) is 0.906. The lowest BCUT2D eigenvalue weighted by Crippen LogP contribution is -2.47. The Balaban J connectivity index is 1.33. The van der Waals surface area contributed by atoms with Crippen molar-refractivity contribution < 1.29 is 19.1 Å². The zero-order chi connectivity index (χ0) is 31.4. The quantitative estimate of drug-likeness (QED) is 0.242. The third kappa shape index (κ3) is 6.93. The molecule has 1 aromatic heterocycles. The minimum atomic E-state index is -0.571. The van der Waals surface area contributed by atoms with Gasteiger partial charge in [0, 0.05) is 57.1 Å². The highest BCUT2D eigenvalue weighted by atomic mass is 35.5. The zero-order valence-electron chi connectivity index (χ0n) is 24.7. The van der Waals surface area contributed by atoms with Crippen molar-refractivity contribution in [3.8, 4) is 11.5 Å². The van der Waals surface area contributed by atoms with Crippen LogP contribution in [-0.2, 0) is 4.79 Å². The van der Waals surface area contributed by atoms with Crippen LogP contribution in [-0.4, -0.2) is 80.3 Å². The highest BCUT2D eigenvalue weighted by Gasteiger charge is 2.31. The van der Waals surface area contributed by atoms with Gasteiger partial charge in [0.05, 0.1) is 31.3 Å². The van der Waals surface area contributed by atoms with Crippen LogP contribution in [0.5, 0.6) is 11.5 Å². The Morgan fingerprint density at radius 2 is 1.66 bits per heavy atom. The Morgan fingerprint density at radius 3 is 2.27 bits per heavy atom. The second-order valence-electron chi connectivity index (χ2n) is 10.3. The van der Waals surface area contributed by atoms with E-state index in [1.54, 1.807) is 6.07 Å². The second-order valence-corrected chi connectivity index (χ2v) is 11.1. The third-order valence-electron chi connectivity index (χ3n) is 7.56. The van der Waals surface area contributed by atoms with Crippen molar-refractivity contribution in [1.29, 1.82) is 0 Å². The van der Waals surface area contributed by atoms with Crippen LogP contribution >= 0.6 is 23.2 Å². The van der Waals surface area contributed by atoms with Gasteiger partial charge in [-0.15, -0.1) is 0 Å². The number of carbonyl (C=O) groups excluding carboxylic acids is 2. The summed E-state index contributed by atoms with van der Waals surface area (Å²) in [5, 5.41) is 9.06. The van der Waals surface area contributed by atoms with E-state index in [4.69, 9.17) is 32.7 Å². The van der Waals surface area contributed by atoms with E-state index in [9.17, 15) is 9.59 Å². The van der Waals surface area contributed by atoms with Gasteiger partial charge >= 0.3 is 6.03 Å². The molecule has 44 heavy (non-hydrogen) atoms. The van der Waals surface area contributed by atoms with Gasteiger partial charge in [-0.2, -0.15) is 0 Å². The minimum absolute atomic E-state index is 0.118. The number of anilines is 6. The average molecular weight is 642 g/mol. The Hall–Kier alpha value is -4.26. The van der Waals surface area contributed by atoms with Gasteiger partial charge in [0.25, 0.3) is 0 Å². The fourth-order valence-corrected chi connectivity index (χ4v) is 5.53. The van der Waals surface area contributed by atoms with Gasteiger partial charge in [-0.25, -0.2) is 14.8 Å². The van der Waals surface area contributed by atoms with Gasteiger partial charge in [0.15, 0.2) is 0 Å².